The van der Waals surface area contributed by atoms with Crippen molar-refractivity contribution in [2.24, 2.45) is 0 Å². The number of pyridine rings is 1. The van der Waals surface area contributed by atoms with Gasteiger partial charge in [0.2, 0.25) is 11.8 Å². The number of thiazole rings is 1. The highest BCUT2D eigenvalue weighted by molar-refractivity contribution is 7.14. The minimum absolute atomic E-state index is 0.130. The summed E-state index contributed by atoms with van der Waals surface area (Å²) in [6.45, 7) is 1.44. The Balaban J connectivity index is 1.67. The first kappa shape index (κ1) is 17.8. The fourth-order valence-electron chi connectivity index (χ4n) is 2.52. The molecule has 0 saturated heterocycles. The lowest BCUT2D eigenvalue weighted by molar-refractivity contribution is -0.120. The van der Waals surface area contributed by atoms with Crippen molar-refractivity contribution in [3.63, 3.8) is 0 Å². The summed E-state index contributed by atoms with van der Waals surface area (Å²) in [5, 5.41) is 8.01. The van der Waals surface area contributed by atoms with Gasteiger partial charge in [0.25, 0.3) is 0 Å². The van der Waals surface area contributed by atoms with Gasteiger partial charge in [0.05, 0.1) is 18.2 Å². The van der Waals surface area contributed by atoms with E-state index in [-0.39, 0.29) is 24.3 Å². The van der Waals surface area contributed by atoms with Crippen LogP contribution >= 0.6 is 11.3 Å². The van der Waals surface area contributed by atoms with Gasteiger partial charge in [-0.25, -0.2) is 4.98 Å². The van der Waals surface area contributed by atoms with E-state index in [1.807, 2.05) is 47.8 Å². The van der Waals surface area contributed by atoms with Crippen LogP contribution in [0.3, 0.4) is 0 Å². The minimum atomic E-state index is -0.383. The Morgan fingerprint density at radius 1 is 1.15 bits per heavy atom. The predicted octanol–water partition coefficient (Wildman–Crippen LogP) is 3.41. The zero-order valence-electron chi connectivity index (χ0n) is 14.2. The van der Waals surface area contributed by atoms with Crippen molar-refractivity contribution in [2.45, 2.75) is 19.4 Å². The Hall–Kier alpha value is -3.06. The Labute approximate surface area is 155 Å². The van der Waals surface area contributed by atoms with Crippen molar-refractivity contribution in [1.82, 2.24) is 15.3 Å². The lowest BCUT2D eigenvalue weighted by Gasteiger charge is -2.17. The average Bonchev–Trinajstić information content (AvgIpc) is 3.10. The number of rotatable bonds is 6. The van der Waals surface area contributed by atoms with Crippen LogP contribution in [0.2, 0.25) is 0 Å². The van der Waals surface area contributed by atoms with Crippen LogP contribution in [-0.4, -0.2) is 21.8 Å². The van der Waals surface area contributed by atoms with E-state index in [1.165, 1.54) is 18.3 Å². The van der Waals surface area contributed by atoms with Gasteiger partial charge in [-0.05, 0) is 17.7 Å². The number of hydrogen-bond acceptors (Lipinski definition) is 5. The molecule has 0 spiro atoms. The zero-order chi connectivity index (χ0) is 18.4. The van der Waals surface area contributed by atoms with Crippen LogP contribution in [0.15, 0.2) is 60.2 Å². The molecule has 0 fully saturated rings. The quantitative estimate of drug-likeness (QED) is 0.700. The number of carbonyl (C=O) groups excluding carboxylic acids is 2. The van der Waals surface area contributed by atoms with Crippen molar-refractivity contribution in [1.29, 1.82) is 0 Å². The molecule has 1 atom stereocenters. The number of hydrogen-bond donors (Lipinski definition) is 2. The maximum absolute atomic E-state index is 12.4. The highest BCUT2D eigenvalue weighted by atomic mass is 32.1. The molecule has 0 aliphatic heterocycles. The number of benzene rings is 1. The fourth-order valence-corrected chi connectivity index (χ4v) is 3.25. The van der Waals surface area contributed by atoms with Crippen molar-refractivity contribution in [2.75, 3.05) is 5.32 Å². The molecule has 1 aromatic carbocycles. The van der Waals surface area contributed by atoms with Gasteiger partial charge in [0.1, 0.15) is 0 Å². The van der Waals surface area contributed by atoms with Crippen molar-refractivity contribution < 1.29 is 9.59 Å². The molecule has 0 aliphatic carbocycles. The summed E-state index contributed by atoms with van der Waals surface area (Å²) in [6.07, 6.45) is 3.55. The number of amides is 2. The second-order valence-corrected chi connectivity index (χ2v) is 6.55. The van der Waals surface area contributed by atoms with E-state index in [0.29, 0.717) is 5.13 Å². The molecule has 26 heavy (non-hydrogen) atoms. The molecule has 0 aliphatic rings. The standard InChI is InChI=1S/C19H18N4O2S/c1-13(24)21-16(14-6-3-2-4-7-14)10-18(25)23-19-22-17(12-26-19)15-8-5-9-20-11-15/h2-9,11-12,16H,10H2,1H3,(H,21,24)(H,22,23,25)/t16-/m0/s1. The molecule has 0 bridgehead atoms. The van der Waals surface area contributed by atoms with Gasteiger partial charge < -0.3 is 10.6 Å². The second-order valence-electron chi connectivity index (χ2n) is 5.70. The second kappa shape index (κ2) is 8.35. The van der Waals surface area contributed by atoms with Crippen LogP contribution in [0.4, 0.5) is 5.13 Å². The van der Waals surface area contributed by atoms with E-state index in [4.69, 9.17) is 0 Å². The molecule has 7 heteroatoms. The van der Waals surface area contributed by atoms with E-state index >= 15 is 0 Å². The molecule has 2 aromatic heterocycles. The third kappa shape index (κ3) is 4.73. The van der Waals surface area contributed by atoms with E-state index in [2.05, 4.69) is 20.6 Å². The molecule has 0 saturated carbocycles. The van der Waals surface area contributed by atoms with Crippen molar-refractivity contribution >= 4 is 28.3 Å². The van der Waals surface area contributed by atoms with Gasteiger partial charge in [-0.1, -0.05) is 30.3 Å². The summed E-state index contributed by atoms with van der Waals surface area (Å²) in [6, 6.07) is 12.8. The van der Waals surface area contributed by atoms with Gasteiger partial charge in [0, 0.05) is 30.3 Å². The average molecular weight is 366 g/mol. The van der Waals surface area contributed by atoms with Gasteiger partial charge >= 0.3 is 0 Å². The van der Waals surface area contributed by atoms with E-state index in [0.717, 1.165) is 16.8 Å². The molecular weight excluding hydrogens is 348 g/mol. The fraction of sp³-hybridized carbons (Fsp3) is 0.158. The monoisotopic (exact) mass is 366 g/mol. The summed E-state index contributed by atoms with van der Waals surface area (Å²) < 4.78 is 0. The third-order valence-electron chi connectivity index (χ3n) is 3.68. The summed E-state index contributed by atoms with van der Waals surface area (Å²) in [4.78, 5) is 32.4. The predicted molar refractivity (Wildman–Crippen MR) is 102 cm³/mol. The molecule has 6 nitrogen and oxygen atoms in total. The third-order valence-corrected chi connectivity index (χ3v) is 4.43. The van der Waals surface area contributed by atoms with E-state index in [9.17, 15) is 9.59 Å². The minimum Gasteiger partial charge on any atom is -0.349 e. The molecule has 3 rings (SSSR count). The van der Waals surface area contributed by atoms with Crippen LogP contribution in [0.1, 0.15) is 24.9 Å². The molecule has 2 heterocycles. The Morgan fingerprint density at radius 3 is 2.65 bits per heavy atom. The van der Waals surface area contributed by atoms with Gasteiger partial charge in [-0.15, -0.1) is 11.3 Å². The Kier molecular flexibility index (Phi) is 5.70. The van der Waals surface area contributed by atoms with Crippen LogP contribution in [0, 0.1) is 0 Å². The largest absolute Gasteiger partial charge is 0.349 e. The number of anilines is 1. The number of carbonyl (C=O) groups is 2. The Morgan fingerprint density at radius 2 is 1.96 bits per heavy atom. The first-order valence-corrected chi connectivity index (χ1v) is 8.97. The van der Waals surface area contributed by atoms with Crippen LogP contribution in [0.25, 0.3) is 11.3 Å². The number of aromatic nitrogens is 2. The highest BCUT2D eigenvalue weighted by Crippen LogP contribution is 2.25. The topological polar surface area (TPSA) is 84.0 Å². The highest BCUT2D eigenvalue weighted by Gasteiger charge is 2.18. The van der Waals surface area contributed by atoms with E-state index in [1.54, 1.807) is 12.4 Å². The maximum atomic E-state index is 12.4. The van der Waals surface area contributed by atoms with Gasteiger partial charge in [0.15, 0.2) is 5.13 Å². The summed E-state index contributed by atoms with van der Waals surface area (Å²) in [5.74, 6) is -0.389. The maximum Gasteiger partial charge on any atom is 0.228 e. The van der Waals surface area contributed by atoms with Crippen molar-refractivity contribution in [3.8, 4) is 11.3 Å². The summed E-state index contributed by atoms with van der Waals surface area (Å²) in [5.41, 5.74) is 2.54. The van der Waals surface area contributed by atoms with Gasteiger partial charge in [-0.3, -0.25) is 14.6 Å². The Bertz CT molecular complexity index is 881. The lowest BCUT2D eigenvalue weighted by atomic mass is 10.0. The molecule has 2 amide bonds. The van der Waals surface area contributed by atoms with Crippen molar-refractivity contribution in [3.05, 3.63) is 65.8 Å². The first-order valence-electron chi connectivity index (χ1n) is 8.09. The molecule has 3 aromatic rings. The SMILES string of the molecule is CC(=O)N[C@@H](CC(=O)Nc1nc(-c2cccnc2)cs1)c1ccccc1. The zero-order valence-corrected chi connectivity index (χ0v) is 15.0. The number of nitrogens with zero attached hydrogens (tertiary/aromatic N) is 2. The number of nitrogens with one attached hydrogen (secondary N) is 2. The van der Waals surface area contributed by atoms with Crippen LogP contribution < -0.4 is 10.6 Å². The normalized spacial score (nSPS) is 11.6. The molecule has 0 radical (unpaired) electrons. The summed E-state index contributed by atoms with van der Waals surface area (Å²) >= 11 is 1.35. The molecular formula is C19H18N4O2S. The van der Waals surface area contributed by atoms with Gasteiger partial charge in [-0.2, -0.15) is 0 Å². The lowest BCUT2D eigenvalue weighted by Crippen LogP contribution is -2.29. The molecule has 2 N–H and O–H groups in total. The smallest absolute Gasteiger partial charge is 0.228 e. The van der Waals surface area contributed by atoms with Crippen LogP contribution in [0.5, 0.6) is 0 Å². The van der Waals surface area contributed by atoms with E-state index < -0.39 is 0 Å². The summed E-state index contributed by atoms with van der Waals surface area (Å²) in [7, 11) is 0. The van der Waals surface area contributed by atoms with Crippen LogP contribution in [-0.2, 0) is 9.59 Å². The molecule has 132 valence electrons. The first-order chi connectivity index (χ1) is 12.6. The molecule has 0 unspecified atom stereocenters.